The Morgan fingerprint density at radius 2 is 1.81 bits per heavy atom. The Labute approximate surface area is 157 Å². The average Bonchev–Trinajstić information content (AvgIpc) is 3.22. The summed E-state index contributed by atoms with van der Waals surface area (Å²) in [5.41, 5.74) is 2.40. The maximum Gasteiger partial charge on any atom is 0.291 e. The Balaban J connectivity index is 1.54. The molecule has 1 aromatic heterocycles. The molecule has 0 spiro atoms. The van der Waals surface area contributed by atoms with E-state index in [2.05, 4.69) is 10.6 Å². The Bertz CT molecular complexity index is 919. The molecule has 0 saturated heterocycles. The van der Waals surface area contributed by atoms with Crippen molar-refractivity contribution in [1.29, 1.82) is 0 Å². The molecule has 3 rings (SSSR count). The summed E-state index contributed by atoms with van der Waals surface area (Å²) in [4.78, 5) is 24.2. The van der Waals surface area contributed by atoms with Gasteiger partial charge in [-0.1, -0.05) is 24.3 Å². The molecule has 0 radical (unpaired) electrons. The third-order valence-electron chi connectivity index (χ3n) is 3.92. The molecule has 3 aromatic rings. The fraction of sp³-hybridized carbons (Fsp3) is 0.143. The zero-order valence-corrected chi connectivity index (χ0v) is 14.9. The molecular formula is C21H20N2O4. The number of nitrogens with one attached hydrogen (secondary N) is 2. The SMILES string of the molecule is COc1cccc(CC(=O)NCc2cccc(NC(=O)c3ccco3)c2)c1. The topological polar surface area (TPSA) is 80.6 Å². The van der Waals surface area contributed by atoms with Gasteiger partial charge in [0.2, 0.25) is 5.91 Å². The molecule has 0 aliphatic heterocycles. The number of hydrogen-bond donors (Lipinski definition) is 2. The highest BCUT2D eigenvalue weighted by Gasteiger charge is 2.09. The molecule has 27 heavy (non-hydrogen) atoms. The van der Waals surface area contributed by atoms with Crippen molar-refractivity contribution in [3.8, 4) is 5.75 Å². The van der Waals surface area contributed by atoms with E-state index < -0.39 is 0 Å². The molecule has 0 atom stereocenters. The van der Waals surface area contributed by atoms with Crippen LogP contribution in [0.3, 0.4) is 0 Å². The first-order valence-electron chi connectivity index (χ1n) is 8.47. The molecule has 0 bridgehead atoms. The molecule has 2 N–H and O–H groups in total. The second-order valence-electron chi connectivity index (χ2n) is 5.94. The molecule has 6 heteroatoms. The molecule has 2 aromatic carbocycles. The molecule has 0 fully saturated rings. The van der Waals surface area contributed by atoms with Crippen molar-refractivity contribution in [2.45, 2.75) is 13.0 Å². The minimum atomic E-state index is -0.320. The van der Waals surface area contributed by atoms with E-state index in [1.807, 2.05) is 42.5 Å². The minimum Gasteiger partial charge on any atom is -0.497 e. The molecule has 0 aliphatic rings. The zero-order chi connectivity index (χ0) is 19.1. The number of ether oxygens (including phenoxy) is 1. The third kappa shape index (κ3) is 5.22. The van der Waals surface area contributed by atoms with Crippen molar-refractivity contribution in [2.75, 3.05) is 12.4 Å². The zero-order valence-electron chi connectivity index (χ0n) is 14.9. The number of anilines is 1. The lowest BCUT2D eigenvalue weighted by molar-refractivity contribution is -0.120. The van der Waals surface area contributed by atoms with Gasteiger partial charge in [0.25, 0.3) is 5.91 Å². The van der Waals surface area contributed by atoms with Crippen LogP contribution in [0.4, 0.5) is 5.69 Å². The van der Waals surface area contributed by atoms with E-state index in [0.717, 1.165) is 16.9 Å². The number of hydrogen-bond acceptors (Lipinski definition) is 4. The van der Waals surface area contributed by atoms with Crippen molar-refractivity contribution in [3.05, 3.63) is 83.8 Å². The van der Waals surface area contributed by atoms with E-state index in [1.54, 1.807) is 25.3 Å². The second-order valence-corrected chi connectivity index (χ2v) is 5.94. The Morgan fingerprint density at radius 1 is 1.00 bits per heavy atom. The maximum absolute atomic E-state index is 12.2. The quantitative estimate of drug-likeness (QED) is 0.673. The number of carbonyl (C=O) groups excluding carboxylic acids is 2. The van der Waals surface area contributed by atoms with Gasteiger partial charge in [0.15, 0.2) is 5.76 Å². The smallest absolute Gasteiger partial charge is 0.291 e. The second kappa shape index (κ2) is 8.71. The summed E-state index contributed by atoms with van der Waals surface area (Å²) in [6.45, 7) is 0.368. The molecule has 1 heterocycles. The van der Waals surface area contributed by atoms with Crippen LogP contribution in [0.1, 0.15) is 21.7 Å². The van der Waals surface area contributed by atoms with Gasteiger partial charge in [0.05, 0.1) is 19.8 Å². The Morgan fingerprint density at radius 3 is 2.59 bits per heavy atom. The fourth-order valence-electron chi connectivity index (χ4n) is 2.59. The van der Waals surface area contributed by atoms with Crippen molar-refractivity contribution >= 4 is 17.5 Å². The molecule has 2 amide bonds. The highest BCUT2D eigenvalue weighted by molar-refractivity contribution is 6.02. The first-order chi connectivity index (χ1) is 13.1. The van der Waals surface area contributed by atoms with Crippen LogP contribution in [0, 0.1) is 0 Å². The number of methoxy groups -OCH3 is 1. The number of amides is 2. The lowest BCUT2D eigenvalue weighted by Gasteiger charge is -2.09. The van der Waals surface area contributed by atoms with Crippen LogP contribution < -0.4 is 15.4 Å². The van der Waals surface area contributed by atoms with Crippen LogP contribution in [0.2, 0.25) is 0 Å². The van der Waals surface area contributed by atoms with Crippen LogP contribution >= 0.6 is 0 Å². The monoisotopic (exact) mass is 364 g/mol. The van der Waals surface area contributed by atoms with Gasteiger partial charge in [-0.25, -0.2) is 0 Å². The van der Waals surface area contributed by atoms with Gasteiger partial charge in [0.1, 0.15) is 5.75 Å². The predicted octanol–water partition coefficient (Wildman–Crippen LogP) is 3.40. The summed E-state index contributed by atoms with van der Waals surface area (Å²) < 4.78 is 10.2. The molecule has 6 nitrogen and oxygen atoms in total. The molecule has 0 saturated carbocycles. The van der Waals surface area contributed by atoms with Gasteiger partial charge in [-0.2, -0.15) is 0 Å². The fourth-order valence-corrected chi connectivity index (χ4v) is 2.59. The summed E-state index contributed by atoms with van der Waals surface area (Å²) in [6, 6.07) is 18.0. The standard InChI is InChI=1S/C21H20N2O4/c1-26-18-8-3-5-15(12-18)13-20(24)22-14-16-6-2-7-17(11-16)23-21(25)19-9-4-10-27-19/h2-12H,13-14H2,1H3,(H,22,24)(H,23,25). The predicted molar refractivity (Wildman–Crippen MR) is 102 cm³/mol. The summed E-state index contributed by atoms with van der Waals surface area (Å²) in [5, 5.41) is 5.65. The summed E-state index contributed by atoms with van der Waals surface area (Å²) in [5.74, 6) is 0.555. The van der Waals surface area contributed by atoms with E-state index in [0.29, 0.717) is 12.2 Å². The Hall–Kier alpha value is -3.54. The number of carbonyl (C=O) groups is 2. The van der Waals surface area contributed by atoms with E-state index >= 15 is 0 Å². The van der Waals surface area contributed by atoms with E-state index in [4.69, 9.17) is 9.15 Å². The number of furan rings is 1. The van der Waals surface area contributed by atoms with Gasteiger partial charge in [-0.15, -0.1) is 0 Å². The lowest BCUT2D eigenvalue weighted by atomic mass is 10.1. The van der Waals surface area contributed by atoms with Gasteiger partial charge in [0, 0.05) is 12.2 Å². The van der Waals surface area contributed by atoms with Crippen LogP contribution in [0.25, 0.3) is 0 Å². The Kier molecular flexibility index (Phi) is 5.89. The van der Waals surface area contributed by atoms with Crippen LogP contribution in [0.5, 0.6) is 5.75 Å². The summed E-state index contributed by atoms with van der Waals surface area (Å²) in [6.07, 6.45) is 1.72. The largest absolute Gasteiger partial charge is 0.497 e. The molecular weight excluding hydrogens is 344 g/mol. The average molecular weight is 364 g/mol. The van der Waals surface area contributed by atoms with E-state index in [1.165, 1.54) is 6.26 Å². The van der Waals surface area contributed by atoms with Gasteiger partial charge in [-0.3, -0.25) is 9.59 Å². The number of benzene rings is 2. The first kappa shape index (κ1) is 18.3. The van der Waals surface area contributed by atoms with E-state index in [9.17, 15) is 9.59 Å². The molecule has 0 aliphatic carbocycles. The maximum atomic E-state index is 12.2. The van der Waals surface area contributed by atoms with Crippen LogP contribution in [-0.2, 0) is 17.8 Å². The van der Waals surface area contributed by atoms with Crippen molar-refractivity contribution < 1.29 is 18.7 Å². The lowest BCUT2D eigenvalue weighted by Crippen LogP contribution is -2.24. The summed E-state index contributed by atoms with van der Waals surface area (Å²) >= 11 is 0. The normalized spacial score (nSPS) is 10.3. The van der Waals surface area contributed by atoms with Crippen molar-refractivity contribution in [1.82, 2.24) is 5.32 Å². The highest BCUT2D eigenvalue weighted by Crippen LogP contribution is 2.14. The van der Waals surface area contributed by atoms with Gasteiger partial charge in [-0.05, 0) is 47.5 Å². The van der Waals surface area contributed by atoms with E-state index in [-0.39, 0.29) is 24.0 Å². The summed E-state index contributed by atoms with van der Waals surface area (Å²) in [7, 11) is 1.59. The van der Waals surface area contributed by atoms with Crippen LogP contribution in [0.15, 0.2) is 71.3 Å². The van der Waals surface area contributed by atoms with Crippen LogP contribution in [-0.4, -0.2) is 18.9 Å². The van der Waals surface area contributed by atoms with Gasteiger partial charge < -0.3 is 19.8 Å². The van der Waals surface area contributed by atoms with Crippen molar-refractivity contribution in [3.63, 3.8) is 0 Å². The number of rotatable bonds is 7. The molecule has 138 valence electrons. The van der Waals surface area contributed by atoms with Gasteiger partial charge >= 0.3 is 0 Å². The highest BCUT2D eigenvalue weighted by atomic mass is 16.5. The minimum absolute atomic E-state index is 0.0896. The van der Waals surface area contributed by atoms with Crippen molar-refractivity contribution in [2.24, 2.45) is 0 Å². The first-order valence-corrected chi connectivity index (χ1v) is 8.47. The third-order valence-corrected chi connectivity index (χ3v) is 3.92. The molecule has 0 unspecified atom stereocenters.